The molecule has 2 rings (SSSR count). The summed E-state index contributed by atoms with van der Waals surface area (Å²) < 4.78 is 0. The Balaban J connectivity index is 1.53. The van der Waals surface area contributed by atoms with Crippen LogP contribution in [0.5, 0.6) is 0 Å². The lowest BCUT2D eigenvalue weighted by molar-refractivity contribution is -0.121. The van der Waals surface area contributed by atoms with Crippen LogP contribution in [-0.2, 0) is 4.79 Å². The Hall–Kier alpha value is -0.650. The lowest BCUT2D eigenvalue weighted by Crippen LogP contribution is -2.47. The zero-order valence-electron chi connectivity index (χ0n) is 12.1. The molecule has 1 heterocycles. The summed E-state index contributed by atoms with van der Waals surface area (Å²) in [6, 6.07) is 0.164. The van der Waals surface area contributed by atoms with Crippen molar-refractivity contribution in [2.75, 3.05) is 45.8 Å². The molecule has 1 saturated carbocycles. The molecule has 19 heavy (non-hydrogen) atoms. The number of likely N-dealkylation sites (N-methyl/N-ethyl adjacent to an activating group) is 1. The van der Waals surface area contributed by atoms with Crippen LogP contribution in [0.25, 0.3) is 0 Å². The van der Waals surface area contributed by atoms with Gasteiger partial charge in [0.1, 0.15) is 0 Å². The second kappa shape index (κ2) is 7.22. The molecule has 0 aromatic rings. The van der Waals surface area contributed by atoms with Crippen LogP contribution in [-0.4, -0.2) is 67.6 Å². The van der Waals surface area contributed by atoms with E-state index in [1.54, 1.807) is 0 Å². The van der Waals surface area contributed by atoms with Gasteiger partial charge in [0.2, 0.25) is 5.91 Å². The second-order valence-electron chi connectivity index (χ2n) is 5.83. The molecule has 5 nitrogen and oxygen atoms in total. The van der Waals surface area contributed by atoms with Gasteiger partial charge in [0, 0.05) is 51.7 Å². The molecule has 0 aromatic carbocycles. The van der Waals surface area contributed by atoms with E-state index in [9.17, 15) is 4.79 Å². The molecule has 2 aliphatic rings. The van der Waals surface area contributed by atoms with E-state index >= 15 is 0 Å². The molecule has 1 atom stereocenters. The van der Waals surface area contributed by atoms with Crippen molar-refractivity contribution in [1.29, 1.82) is 0 Å². The van der Waals surface area contributed by atoms with E-state index in [1.165, 1.54) is 12.8 Å². The van der Waals surface area contributed by atoms with E-state index in [0.717, 1.165) is 39.3 Å². The third-order valence-electron chi connectivity index (χ3n) is 4.33. The SMILES string of the molecule is CCN1CCN(CCC(=O)NCC(N)C2CC2)CC1. The lowest BCUT2D eigenvalue weighted by atomic mass is 10.2. The van der Waals surface area contributed by atoms with Gasteiger partial charge in [-0.05, 0) is 25.3 Å². The number of amides is 1. The van der Waals surface area contributed by atoms with Crippen LogP contribution in [0.15, 0.2) is 0 Å². The molecular weight excluding hydrogens is 240 g/mol. The molecular formula is C14H28N4O. The van der Waals surface area contributed by atoms with Crippen LogP contribution < -0.4 is 11.1 Å². The number of hydrogen-bond acceptors (Lipinski definition) is 4. The van der Waals surface area contributed by atoms with Crippen LogP contribution in [0.4, 0.5) is 0 Å². The first-order valence-corrected chi connectivity index (χ1v) is 7.66. The number of carbonyl (C=O) groups is 1. The maximum atomic E-state index is 11.7. The number of piperazine rings is 1. The minimum atomic E-state index is 0.147. The molecule has 110 valence electrons. The summed E-state index contributed by atoms with van der Waals surface area (Å²) in [4.78, 5) is 16.6. The van der Waals surface area contributed by atoms with Gasteiger partial charge in [0.15, 0.2) is 0 Å². The summed E-state index contributed by atoms with van der Waals surface area (Å²) in [6.45, 7) is 9.29. The predicted octanol–water partition coefficient (Wildman–Crippen LogP) is -0.132. The highest BCUT2D eigenvalue weighted by molar-refractivity contribution is 5.76. The number of nitrogens with zero attached hydrogens (tertiary/aromatic N) is 2. The fourth-order valence-corrected chi connectivity index (χ4v) is 2.60. The topological polar surface area (TPSA) is 61.6 Å². The highest BCUT2D eigenvalue weighted by atomic mass is 16.1. The first-order chi connectivity index (χ1) is 9.19. The third-order valence-corrected chi connectivity index (χ3v) is 4.33. The van der Waals surface area contributed by atoms with Gasteiger partial charge in [-0.2, -0.15) is 0 Å². The Bertz CT molecular complexity index is 285. The molecule has 0 aromatic heterocycles. The molecule has 0 bridgehead atoms. The summed E-state index contributed by atoms with van der Waals surface area (Å²) in [6.07, 6.45) is 3.07. The van der Waals surface area contributed by atoms with Crippen molar-refractivity contribution in [3.63, 3.8) is 0 Å². The van der Waals surface area contributed by atoms with Crippen LogP contribution in [0.2, 0.25) is 0 Å². The quantitative estimate of drug-likeness (QED) is 0.675. The molecule has 5 heteroatoms. The largest absolute Gasteiger partial charge is 0.354 e. The maximum absolute atomic E-state index is 11.7. The van der Waals surface area contributed by atoms with E-state index in [1.807, 2.05) is 0 Å². The summed E-state index contributed by atoms with van der Waals surface area (Å²) in [5.74, 6) is 0.802. The fourth-order valence-electron chi connectivity index (χ4n) is 2.60. The highest BCUT2D eigenvalue weighted by Crippen LogP contribution is 2.31. The zero-order chi connectivity index (χ0) is 13.7. The normalized spacial score (nSPS) is 23.3. The first kappa shape index (κ1) is 14.8. The van der Waals surface area contributed by atoms with Crippen molar-refractivity contribution in [1.82, 2.24) is 15.1 Å². The monoisotopic (exact) mass is 268 g/mol. The van der Waals surface area contributed by atoms with Gasteiger partial charge in [-0.15, -0.1) is 0 Å². The van der Waals surface area contributed by atoms with Crippen molar-refractivity contribution >= 4 is 5.91 Å². The molecule has 1 saturated heterocycles. The van der Waals surface area contributed by atoms with Crippen LogP contribution in [0.1, 0.15) is 26.2 Å². The Morgan fingerprint density at radius 1 is 1.26 bits per heavy atom. The molecule has 2 fully saturated rings. The number of nitrogens with one attached hydrogen (secondary N) is 1. The van der Waals surface area contributed by atoms with E-state index in [4.69, 9.17) is 5.73 Å². The first-order valence-electron chi connectivity index (χ1n) is 7.66. The van der Waals surface area contributed by atoms with E-state index in [0.29, 0.717) is 18.9 Å². The molecule has 1 amide bonds. The molecule has 1 aliphatic carbocycles. The summed E-state index contributed by atoms with van der Waals surface area (Å²) >= 11 is 0. The zero-order valence-corrected chi connectivity index (χ0v) is 12.1. The minimum absolute atomic E-state index is 0.147. The highest BCUT2D eigenvalue weighted by Gasteiger charge is 2.28. The predicted molar refractivity (Wildman–Crippen MR) is 76.9 cm³/mol. The van der Waals surface area contributed by atoms with Gasteiger partial charge < -0.3 is 20.9 Å². The molecule has 3 N–H and O–H groups in total. The van der Waals surface area contributed by atoms with Crippen molar-refractivity contribution in [3.05, 3.63) is 0 Å². The number of hydrogen-bond donors (Lipinski definition) is 2. The third kappa shape index (κ3) is 5.09. The number of carbonyl (C=O) groups excluding carboxylic acids is 1. The van der Waals surface area contributed by atoms with Crippen LogP contribution >= 0.6 is 0 Å². The Kier molecular flexibility index (Phi) is 5.60. The fraction of sp³-hybridized carbons (Fsp3) is 0.929. The van der Waals surface area contributed by atoms with Gasteiger partial charge in [-0.3, -0.25) is 4.79 Å². The number of nitrogens with two attached hydrogens (primary N) is 1. The van der Waals surface area contributed by atoms with Gasteiger partial charge in [0.25, 0.3) is 0 Å². The summed E-state index contributed by atoms with van der Waals surface area (Å²) in [5, 5.41) is 2.96. The smallest absolute Gasteiger partial charge is 0.221 e. The van der Waals surface area contributed by atoms with Gasteiger partial charge >= 0.3 is 0 Å². The second-order valence-corrected chi connectivity index (χ2v) is 5.83. The molecule has 1 unspecified atom stereocenters. The molecule has 0 radical (unpaired) electrons. The summed E-state index contributed by atoms with van der Waals surface area (Å²) in [7, 11) is 0. The van der Waals surface area contributed by atoms with Crippen molar-refractivity contribution in [3.8, 4) is 0 Å². The maximum Gasteiger partial charge on any atom is 0.221 e. The van der Waals surface area contributed by atoms with Crippen LogP contribution in [0, 0.1) is 5.92 Å². The molecule has 0 spiro atoms. The standard InChI is InChI=1S/C14H28N4O/c1-2-17-7-9-18(10-8-17)6-5-14(19)16-11-13(15)12-3-4-12/h12-13H,2-11,15H2,1H3,(H,16,19). The average molecular weight is 268 g/mol. The van der Waals surface area contributed by atoms with E-state index in [-0.39, 0.29) is 11.9 Å². The minimum Gasteiger partial charge on any atom is -0.354 e. The van der Waals surface area contributed by atoms with E-state index < -0.39 is 0 Å². The van der Waals surface area contributed by atoms with E-state index in [2.05, 4.69) is 22.0 Å². The molecule has 1 aliphatic heterocycles. The van der Waals surface area contributed by atoms with Crippen molar-refractivity contribution in [2.45, 2.75) is 32.2 Å². The number of rotatable bonds is 7. The van der Waals surface area contributed by atoms with Gasteiger partial charge in [0.05, 0.1) is 0 Å². The Morgan fingerprint density at radius 3 is 2.47 bits per heavy atom. The van der Waals surface area contributed by atoms with Crippen LogP contribution in [0.3, 0.4) is 0 Å². The Labute approximate surface area is 116 Å². The summed E-state index contributed by atoms with van der Waals surface area (Å²) in [5.41, 5.74) is 5.97. The van der Waals surface area contributed by atoms with Crippen molar-refractivity contribution in [2.24, 2.45) is 11.7 Å². The average Bonchev–Trinajstić information content (AvgIpc) is 3.27. The van der Waals surface area contributed by atoms with Gasteiger partial charge in [-0.1, -0.05) is 6.92 Å². The van der Waals surface area contributed by atoms with Gasteiger partial charge in [-0.25, -0.2) is 0 Å². The van der Waals surface area contributed by atoms with Crippen molar-refractivity contribution < 1.29 is 4.79 Å². The Morgan fingerprint density at radius 2 is 1.89 bits per heavy atom. The lowest BCUT2D eigenvalue weighted by Gasteiger charge is -2.33.